The predicted octanol–water partition coefficient (Wildman–Crippen LogP) is 1.46. The number of nitrogens with one attached hydrogen (secondary N) is 1. The first kappa shape index (κ1) is 18.7. The van der Waals surface area contributed by atoms with E-state index in [2.05, 4.69) is 43.3 Å². The van der Waals surface area contributed by atoms with Gasteiger partial charge in [-0.2, -0.15) is 0 Å². The molecule has 3 aromatic rings. The van der Waals surface area contributed by atoms with Crippen LogP contribution in [0.2, 0.25) is 0 Å². The third-order valence-corrected chi connectivity index (χ3v) is 5.74. The fourth-order valence-corrected chi connectivity index (χ4v) is 4.15. The fraction of sp³-hybridized carbons (Fsp3) is 0.368. The summed E-state index contributed by atoms with van der Waals surface area (Å²) in [6, 6.07) is 12.0. The van der Waals surface area contributed by atoms with E-state index in [-0.39, 0.29) is 11.9 Å². The summed E-state index contributed by atoms with van der Waals surface area (Å²) in [5.41, 5.74) is 1.81. The average molecular weight is 398 g/mol. The molecule has 9 heteroatoms. The van der Waals surface area contributed by atoms with Gasteiger partial charge in [-0.3, -0.25) is 9.69 Å². The van der Waals surface area contributed by atoms with E-state index < -0.39 is 0 Å². The minimum atomic E-state index is 0.0185. The van der Waals surface area contributed by atoms with Crippen molar-refractivity contribution in [2.45, 2.75) is 12.5 Å². The molecule has 0 radical (unpaired) electrons. The zero-order chi connectivity index (χ0) is 19.2. The second-order valence-corrected chi connectivity index (χ2v) is 7.56. The van der Waals surface area contributed by atoms with Crippen LogP contribution in [0.3, 0.4) is 0 Å². The van der Waals surface area contributed by atoms with Crippen LogP contribution in [0, 0.1) is 0 Å². The summed E-state index contributed by atoms with van der Waals surface area (Å²) in [5.74, 6) is 0.0185. The van der Waals surface area contributed by atoms with Crippen LogP contribution in [0.25, 0.3) is 5.69 Å². The normalized spacial score (nSPS) is 16.0. The first-order valence-corrected chi connectivity index (χ1v) is 10.1. The summed E-state index contributed by atoms with van der Waals surface area (Å²) in [7, 11) is 0. The van der Waals surface area contributed by atoms with Gasteiger partial charge in [-0.1, -0.05) is 18.2 Å². The van der Waals surface area contributed by atoms with Crippen LogP contribution in [0.1, 0.15) is 16.5 Å². The molecule has 1 N–H and O–H groups in total. The first-order valence-electron chi connectivity index (χ1n) is 9.24. The number of aromatic nitrogens is 4. The third-order valence-electron chi connectivity index (χ3n) is 4.77. The number of rotatable bonds is 7. The van der Waals surface area contributed by atoms with Crippen molar-refractivity contribution in [3.63, 3.8) is 0 Å². The Morgan fingerprint density at radius 3 is 2.71 bits per heavy atom. The van der Waals surface area contributed by atoms with Crippen LogP contribution in [0.15, 0.2) is 48.1 Å². The van der Waals surface area contributed by atoms with Crippen LogP contribution >= 0.6 is 11.3 Å². The lowest BCUT2D eigenvalue weighted by Gasteiger charge is -2.34. The third kappa shape index (κ3) is 4.61. The smallest absolute Gasteiger partial charge is 0.224 e. The standard InChI is InChI=1S/C19H22N6O2S/c26-19(12-15-3-5-16(6-4-15)25-14-21-22-23-25)20-13-17(18-2-1-11-28-18)24-7-9-27-10-8-24/h1-6,11,14,17H,7-10,12-13H2,(H,20,26). The zero-order valence-electron chi connectivity index (χ0n) is 15.4. The summed E-state index contributed by atoms with van der Waals surface area (Å²) < 4.78 is 7.05. The van der Waals surface area contributed by atoms with Crippen molar-refractivity contribution in [1.29, 1.82) is 0 Å². The molecule has 1 aromatic carbocycles. The second-order valence-electron chi connectivity index (χ2n) is 6.58. The molecule has 8 nitrogen and oxygen atoms in total. The summed E-state index contributed by atoms with van der Waals surface area (Å²) >= 11 is 1.73. The molecule has 1 amide bonds. The van der Waals surface area contributed by atoms with E-state index >= 15 is 0 Å². The largest absolute Gasteiger partial charge is 0.379 e. The monoisotopic (exact) mass is 398 g/mol. The second kappa shape index (κ2) is 9.05. The Hall–Kier alpha value is -2.62. The van der Waals surface area contributed by atoms with Gasteiger partial charge < -0.3 is 10.1 Å². The quantitative estimate of drug-likeness (QED) is 0.649. The highest BCUT2D eigenvalue weighted by Gasteiger charge is 2.23. The van der Waals surface area contributed by atoms with Gasteiger partial charge in [0.15, 0.2) is 0 Å². The lowest BCUT2D eigenvalue weighted by molar-refractivity contribution is -0.120. The summed E-state index contributed by atoms with van der Waals surface area (Å²) in [4.78, 5) is 16.2. The molecule has 2 aromatic heterocycles. The number of carbonyl (C=O) groups excluding carboxylic acids is 1. The molecule has 1 fully saturated rings. The van der Waals surface area contributed by atoms with Crippen molar-refractivity contribution in [1.82, 2.24) is 30.4 Å². The van der Waals surface area contributed by atoms with Gasteiger partial charge >= 0.3 is 0 Å². The Balaban J connectivity index is 1.34. The lowest BCUT2D eigenvalue weighted by Crippen LogP contribution is -2.43. The number of carbonyl (C=O) groups is 1. The van der Waals surface area contributed by atoms with Gasteiger partial charge in [0.05, 0.1) is 31.4 Å². The van der Waals surface area contributed by atoms with Crippen LogP contribution in [-0.2, 0) is 16.0 Å². The van der Waals surface area contributed by atoms with E-state index in [1.54, 1.807) is 16.0 Å². The molecule has 4 rings (SSSR count). The van der Waals surface area contributed by atoms with E-state index in [1.165, 1.54) is 11.2 Å². The Labute approximate surface area is 167 Å². The average Bonchev–Trinajstić information content (AvgIpc) is 3.44. The highest BCUT2D eigenvalue weighted by Crippen LogP contribution is 2.25. The van der Waals surface area contributed by atoms with Gasteiger partial charge in [0, 0.05) is 24.5 Å². The number of benzene rings is 1. The molecule has 1 aliphatic rings. The van der Waals surface area contributed by atoms with Crippen LogP contribution < -0.4 is 5.32 Å². The van der Waals surface area contributed by atoms with Gasteiger partial charge in [-0.15, -0.1) is 16.4 Å². The van der Waals surface area contributed by atoms with Gasteiger partial charge in [0.25, 0.3) is 0 Å². The van der Waals surface area contributed by atoms with Crippen molar-refractivity contribution >= 4 is 17.2 Å². The summed E-state index contributed by atoms with van der Waals surface area (Å²) in [6.07, 6.45) is 1.88. The molecule has 0 bridgehead atoms. The van der Waals surface area contributed by atoms with E-state index in [0.29, 0.717) is 13.0 Å². The number of morpholine rings is 1. The molecule has 0 saturated carbocycles. The number of hydrogen-bond acceptors (Lipinski definition) is 7. The summed E-state index contributed by atoms with van der Waals surface area (Å²) in [6.45, 7) is 3.85. The van der Waals surface area contributed by atoms with E-state index in [1.807, 2.05) is 24.3 Å². The Bertz CT molecular complexity index is 860. The highest BCUT2D eigenvalue weighted by molar-refractivity contribution is 7.10. The number of tetrazole rings is 1. The van der Waals surface area contributed by atoms with Crippen molar-refractivity contribution in [3.05, 3.63) is 58.5 Å². The fourth-order valence-electron chi connectivity index (χ4n) is 3.28. The molecule has 3 heterocycles. The molecule has 0 spiro atoms. The number of amides is 1. The molecule has 0 aliphatic carbocycles. The minimum Gasteiger partial charge on any atom is -0.379 e. The minimum absolute atomic E-state index is 0.0185. The molecule has 1 unspecified atom stereocenters. The van der Waals surface area contributed by atoms with Gasteiger partial charge in [-0.25, -0.2) is 4.68 Å². The van der Waals surface area contributed by atoms with Crippen LogP contribution in [-0.4, -0.2) is 63.9 Å². The Kier molecular flexibility index (Phi) is 6.05. The molecule has 28 heavy (non-hydrogen) atoms. The number of thiophene rings is 1. The van der Waals surface area contributed by atoms with Crippen LogP contribution in [0.4, 0.5) is 0 Å². The van der Waals surface area contributed by atoms with Gasteiger partial charge in [0.2, 0.25) is 5.91 Å². The predicted molar refractivity (Wildman–Crippen MR) is 105 cm³/mol. The number of hydrogen-bond donors (Lipinski definition) is 1. The molecular weight excluding hydrogens is 376 g/mol. The molecule has 1 aliphatic heterocycles. The van der Waals surface area contributed by atoms with Gasteiger partial charge in [0.1, 0.15) is 6.33 Å². The SMILES string of the molecule is O=C(Cc1ccc(-n2cnnn2)cc1)NCC(c1cccs1)N1CCOCC1. The summed E-state index contributed by atoms with van der Waals surface area (Å²) in [5, 5.41) is 16.3. The maximum absolute atomic E-state index is 12.5. The molecule has 146 valence electrons. The van der Waals surface area contributed by atoms with Gasteiger partial charge in [-0.05, 0) is 39.6 Å². The van der Waals surface area contributed by atoms with Crippen molar-refractivity contribution in [2.24, 2.45) is 0 Å². The lowest BCUT2D eigenvalue weighted by atomic mass is 10.1. The maximum Gasteiger partial charge on any atom is 0.224 e. The van der Waals surface area contributed by atoms with Crippen LogP contribution in [0.5, 0.6) is 0 Å². The topological polar surface area (TPSA) is 85.2 Å². The van der Waals surface area contributed by atoms with Crippen molar-refractivity contribution in [2.75, 3.05) is 32.8 Å². The number of ether oxygens (including phenoxy) is 1. The number of nitrogens with zero attached hydrogens (tertiary/aromatic N) is 5. The highest BCUT2D eigenvalue weighted by atomic mass is 32.1. The van der Waals surface area contributed by atoms with E-state index in [4.69, 9.17) is 4.74 Å². The zero-order valence-corrected chi connectivity index (χ0v) is 16.2. The van der Waals surface area contributed by atoms with E-state index in [9.17, 15) is 4.79 Å². The molecular formula is C19H22N6O2S. The maximum atomic E-state index is 12.5. The molecule has 1 atom stereocenters. The first-order chi connectivity index (χ1) is 13.8. The van der Waals surface area contributed by atoms with E-state index in [0.717, 1.165) is 37.6 Å². The Morgan fingerprint density at radius 1 is 1.21 bits per heavy atom. The van der Waals surface area contributed by atoms with Crippen molar-refractivity contribution in [3.8, 4) is 5.69 Å². The van der Waals surface area contributed by atoms with Crippen molar-refractivity contribution < 1.29 is 9.53 Å². The molecule has 1 saturated heterocycles. The Morgan fingerprint density at radius 2 is 2.04 bits per heavy atom.